The molecule has 0 saturated carbocycles. The van der Waals surface area contributed by atoms with Crippen molar-refractivity contribution in [2.45, 2.75) is 46.3 Å². The second-order valence-corrected chi connectivity index (χ2v) is 5.69. The molecule has 1 rings (SSSR count). The van der Waals surface area contributed by atoms with E-state index >= 15 is 0 Å². The van der Waals surface area contributed by atoms with Crippen molar-refractivity contribution in [1.82, 2.24) is 5.32 Å². The van der Waals surface area contributed by atoms with E-state index in [1.807, 2.05) is 7.05 Å². The van der Waals surface area contributed by atoms with Crippen LogP contribution in [-0.2, 0) is 4.74 Å². The quantitative estimate of drug-likeness (QED) is 0.864. The van der Waals surface area contributed by atoms with Crippen LogP contribution in [0.2, 0.25) is 0 Å². The average Bonchev–Trinajstić information content (AvgIpc) is 2.15. The Balaban J connectivity index is 2.79. The lowest BCUT2D eigenvalue weighted by atomic mass is 10.0. The van der Waals surface area contributed by atoms with Gasteiger partial charge in [0.2, 0.25) is 0 Å². The highest BCUT2D eigenvalue weighted by Crippen LogP contribution is 2.19. The maximum absolute atomic E-state index is 5.85. The fourth-order valence-electron chi connectivity index (χ4n) is 1.89. The number of hydrogen-bond acceptors (Lipinski definition) is 2. The Hall–Kier alpha value is -0.860. The van der Waals surface area contributed by atoms with Gasteiger partial charge in [0.15, 0.2) is 0 Å². The van der Waals surface area contributed by atoms with Gasteiger partial charge >= 0.3 is 0 Å². The van der Waals surface area contributed by atoms with Gasteiger partial charge in [0.1, 0.15) is 0 Å². The molecule has 2 heteroatoms. The van der Waals surface area contributed by atoms with Crippen LogP contribution in [0.5, 0.6) is 0 Å². The van der Waals surface area contributed by atoms with Gasteiger partial charge in [0.05, 0.1) is 18.2 Å². The molecule has 0 aliphatic carbocycles. The minimum atomic E-state index is -0.0893. The third-order valence-corrected chi connectivity index (χ3v) is 2.68. The van der Waals surface area contributed by atoms with Gasteiger partial charge in [-0.15, -0.1) is 0 Å². The molecule has 1 aromatic rings. The van der Waals surface area contributed by atoms with Crippen molar-refractivity contribution in [2.24, 2.45) is 0 Å². The summed E-state index contributed by atoms with van der Waals surface area (Å²) in [5.74, 6) is 0. The number of ether oxygens (including phenoxy) is 1. The molecule has 0 amide bonds. The zero-order chi connectivity index (χ0) is 13.1. The van der Waals surface area contributed by atoms with Crippen LogP contribution in [0.15, 0.2) is 18.2 Å². The molecule has 1 aromatic carbocycles. The van der Waals surface area contributed by atoms with E-state index < -0.39 is 0 Å². The molecule has 1 unspecified atom stereocenters. The van der Waals surface area contributed by atoms with Crippen LogP contribution < -0.4 is 5.32 Å². The average molecular weight is 235 g/mol. The van der Waals surface area contributed by atoms with Gasteiger partial charge in [0.25, 0.3) is 0 Å². The zero-order valence-corrected chi connectivity index (χ0v) is 11.9. The fourth-order valence-corrected chi connectivity index (χ4v) is 1.89. The van der Waals surface area contributed by atoms with E-state index in [0.29, 0.717) is 6.61 Å². The molecule has 0 bridgehead atoms. The Morgan fingerprint density at radius 1 is 1.12 bits per heavy atom. The SMILES string of the molecule is CNC(COC(C)(C)C)c1cc(C)cc(C)c1. The summed E-state index contributed by atoms with van der Waals surface area (Å²) in [4.78, 5) is 0. The summed E-state index contributed by atoms with van der Waals surface area (Å²) in [6.07, 6.45) is 0. The Morgan fingerprint density at radius 2 is 1.65 bits per heavy atom. The largest absolute Gasteiger partial charge is 0.374 e. The van der Waals surface area contributed by atoms with Crippen LogP contribution in [0.4, 0.5) is 0 Å². The van der Waals surface area contributed by atoms with E-state index in [1.165, 1.54) is 16.7 Å². The first-order valence-corrected chi connectivity index (χ1v) is 6.21. The van der Waals surface area contributed by atoms with Gasteiger partial charge < -0.3 is 10.1 Å². The van der Waals surface area contributed by atoms with Gasteiger partial charge in [-0.1, -0.05) is 29.3 Å². The van der Waals surface area contributed by atoms with Gasteiger partial charge in [-0.05, 0) is 47.2 Å². The van der Waals surface area contributed by atoms with Crippen LogP contribution in [-0.4, -0.2) is 19.3 Å². The Bertz CT molecular complexity index is 345. The highest BCUT2D eigenvalue weighted by molar-refractivity contribution is 5.30. The second kappa shape index (κ2) is 5.65. The summed E-state index contributed by atoms with van der Waals surface area (Å²) in [6.45, 7) is 11.2. The molecule has 17 heavy (non-hydrogen) atoms. The molecule has 96 valence electrons. The standard InChI is InChI=1S/C15H25NO/c1-11-7-12(2)9-13(8-11)14(16-6)10-17-15(3,4)5/h7-9,14,16H,10H2,1-6H3. The lowest BCUT2D eigenvalue weighted by Gasteiger charge is -2.25. The molecule has 2 nitrogen and oxygen atoms in total. The Kier molecular flexibility index (Phi) is 4.72. The molecule has 1 atom stereocenters. The molecule has 0 spiro atoms. The van der Waals surface area contributed by atoms with Crippen molar-refractivity contribution in [3.05, 3.63) is 34.9 Å². The van der Waals surface area contributed by atoms with Crippen LogP contribution in [0.3, 0.4) is 0 Å². The zero-order valence-electron chi connectivity index (χ0n) is 11.9. The minimum absolute atomic E-state index is 0.0893. The maximum Gasteiger partial charge on any atom is 0.0668 e. The fraction of sp³-hybridized carbons (Fsp3) is 0.600. The van der Waals surface area contributed by atoms with Crippen molar-refractivity contribution in [3.8, 4) is 0 Å². The number of nitrogens with one attached hydrogen (secondary N) is 1. The van der Waals surface area contributed by atoms with Gasteiger partial charge in [0, 0.05) is 0 Å². The molecule has 0 heterocycles. The van der Waals surface area contributed by atoms with Crippen molar-refractivity contribution >= 4 is 0 Å². The number of rotatable bonds is 4. The van der Waals surface area contributed by atoms with Crippen molar-refractivity contribution < 1.29 is 4.74 Å². The lowest BCUT2D eigenvalue weighted by Crippen LogP contribution is -2.28. The molecule has 1 N–H and O–H groups in total. The molecule has 0 aromatic heterocycles. The highest BCUT2D eigenvalue weighted by atomic mass is 16.5. The summed E-state index contributed by atoms with van der Waals surface area (Å²) < 4.78 is 5.85. The van der Waals surface area contributed by atoms with E-state index in [0.717, 1.165) is 0 Å². The lowest BCUT2D eigenvalue weighted by molar-refractivity contribution is -0.0139. The van der Waals surface area contributed by atoms with Gasteiger partial charge in [-0.3, -0.25) is 0 Å². The molecule has 0 saturated heterocycles. The van der Waals surface area contributed by atoms with E-state index in [4.69, 9.17) is 4.74 Å². The predicted molar refractivity (Wildman–Crippen MR) is 73.4 cm³/mol. The minimum Gasteiger partial charge on any atom is -0.374 e. The van der Waals surface area contributed by atoms with Crippen LogP contribution in [0.25, 0.3) is 0 Å². The monoisotopic (exact) mass is 235 g/mol. The first-order valence-electron chi connectivity index (χ1n) is 6.21. The summed E-state index contributed by atoms with van der Waals surface area (Å²) >= 11 is 0. The number of benzene rings is 1. The first kappa shape index (κ1) is 14.2. The van der Waals surface area contributed by atoms with Crippen molar-refractivity contribution in [3.63, 3.8) is 0 Å². The number of hydrogen-bond donors (Lipinski definition) is 1. The molecule has 0 aliphatic rings. The third kappa shape index (κ3) is 4.88. The smallest absolute Gasteiger partial charge is 0.0668 e. The van der Waals surface area contributed by atoms with Crippen LogP contribution in [0.1, 0.15) is 43.5 Å². The number of aryl methyl sites for hydroxylation is 2. The number of likely N-dealkylation sites (N-methyl/N-ethyl adjacent to an activating group) is 1. The summed E-state index contributed by atoms with van der Waals surface area (Å²) in [7, 11) is 1.98. The molecule has 0 radical (unpaired) electrons. The van der Waals surface area contributed by atoms with E-state index in [1.54, 1.807) is 0 Å². The summed E-state index contributed by atoms with van der Waals surface area (Å²) in [5.41, 5.74) is 3.81. The highest BCUT2D eigenvalue weighted by Gasteiger charge is 2.16. The topological polar surface area (TPSA) is 21.3 Å². The first-order chi connectivity index (χ1) is 7.81. The second-order valence-electron chi connectivity index (χ2n) is 5.69. The Labute approximate surface area is 105 Å². The molecular formula is C15H25NO. The maximum atomic E-state index is 5.85. The van der Waals surface area contributed by atoms with Gasteiger partial charge in [-0.2, -0.15) is 0 Å². The predicted octanol–water partition coefficient (Wildman–Crippen LogP) is 3.38. The normalized spacial score (nSPS) is 13.8. The van der Waals surface area contributed by atoms with Crippen molar-refractivity contribution in [1.29, 1.82) is 0 Å². The molecule has 0 fully saturated rings. The Morgan fingerprint density at radius 3 is 2.06 bits per heavy atom. The van der Waals surface area contributed by atoms with Crippen LogP contribution in [0, 0.1) is 13.8 Å². The molecule has 0 aliphatic heterocycles. The van der Waals surface area contributed by atoms with E-state index in [2.05, 4.69) is 58.1 Å². The van der Waals surface area contributed by atoms with Gasteiger partial charge in [-0.25, -0.2) is 0 Å². The van der Waals surface area contributed by atoms with Crippen molar-refractivity contribution in [2.75, 3.05) is 13.7 Å². The van der Waals surface area contributed by atoms with Crippen LogP contribution >= 0.6 is 0 Å². The summed E-state index contributed by atoms with van der Waals surface area (Å²) in [5, 5.41) is 3.32. The molecular weight excluding hydrogens is 210 g/mol. The van der Waals surface area contributed by atoms with E-state index in [9.17, 15) is 0 Å². The summed E-state index contributed by atoms with van der Waals surface area (Å²) in [6, 6.07) is 6.90. The third-order valence-electron chi connectivity index (χ3n) is 2.68. The van der Waals surface area contributed by atoms with E-state index in [-0.39, 0.29) is 11.6 Å².